The van der Waals surface area contributed by atoms with Crippen LogP contribution in [-0.4, -0.2) is 26.4 Å². The third kappa shape index (κ3) is 4.67. The predicted molar refractivity (Wildman–Crippen MR) is 107 cm³/mol. The van der Waals surface area contributed by atoms with Crippen molar-refractivity contribution in [3.8, 4) is 17.5 Å². The third-order valence-corrected chi connectivity index (χ3v) is 4.96. The summed E-state index contributed by atoms with van der Waals surface area (Å²) in [6.07, 6.45) is 0. The van der Waals surface area contributed by atoms with Crippen LogP contribution in [-0.2, 0) is 11.3 Å². The second kappa shape index (κ2) is 8.71. The average Bonchev–Trinajstić information content (AvgIpc) is 3.10. The number of rotatable bonds is 6. The van der Waals surface area contributed by atoms with E-state index >= 15 is 0 Å². The van der Waals surface area contributed by atoms with E-state index in [1.165, 1.54) is 11.8 Å². The zero-order valence-electron chi connectivity index (χ0n) is 14.5. The molecule has 3 aromatic rings. The molecule has 0 radical (unpaired) electrons. The van der Waals surface area contributed by atoms with E-state index in [9.17, 15) is 4.79 Å². The Bertz CT molecular complexity index is 994. The van der Waals surface area contributed by atoms with Crippen molar-refractivity contribution in [1.29, 1.82) is 5.26 Å². The Kier molecular flexibility index (Phi) is 6.12. The number of nitrogens with one attached hydrogen (secondary N) is 1. The van der Waals surface area contributed by atoms with E-state index in [1.54, 1.807) is 36.4 Å². The number of carbonyl (C=O) groups is 1. The Balaban J connectivity index is 1.68. The second-order valence-electron chi connectivity index (χ2n) is 5.59. The number of thioether (sulfide) groups is 1. The van der Waals surface area contributed by atoms with E-state index in [1.807, 2.05) is 29.7 Å². The van der Waals surface area contributed by atoms with Gasteiger partial charge in [-0.2, -0.15) is 5.26 Å². The molecule has 0 saturated heterocycles. The summed E-state index contributed by atoms with van der Waals surface area (Å²) in [6.45, 7) is 2.68. The van der Waals surface area contributed by atoms with Gasteiger partial charge in [0.15, 0.2) is 11.0 Å². The molecule has 1 amide bonds. The summed E-state index contributed by atoms with van der Waals surface area (Å²) in [5.74, 6) is 0.753. The van der Waals surface area contributed by atoms with Gasteiger partial charge in [0.05, 0.1) is 17.4 Å². The summed E-state index contributed by atoms with van der Waals surface area (Å²) in [5.41, 5.74) is 2.01. The number of nitriles is 1. The Morgan fingerprint density at radius 1 is 1.26 bits per heavy atom. The van der Waals surface area contributed by atoms with Gasteiger partial charge in [-0.3, -0.25) is 4.79 Å². The van der Waals surface area contributed by atoms with E-state index in [2.05, 4.69) is 15.5 Å². The van der Waals surface area contributed by atoms with Gasteiger partial charge in [0.25, 0.3) is 0 Å². The SMILES string of the molecule is CCn1c(SCC(=O)Nc2cccc(C#N)c2)nnc1-c1ccc(Cl)cc1. The highest BCUT2D eigenvalue weighted by molar-refractivity contribution is 7.99. The minimum atomic E-state index is -0.172. The quantitative estimate of drug-likeness (QED) is 0.629. The van der Waals surface area contributed by atoms with Crippen molar-refractivity contribution in [2.75, 3.05) is 11.1 Å². The zero-order chi connectivity index (χ0) is 19.2. The van der Waals surface area contributed by atoms with Crippen molar-refractivity contribution in [2.24, 2.45) is 0 Å². The number of hydrogen-bond acceptors (Lipinski definition) is 5. The molecule has 1 N–H and O–H groups in total. The molecule has 6 nitrogen and oxygen atoms in total. The van der Waals surface area contributed by atoms with Crippen molar-refractivity contribution in [2.45, 2.75) is 18.6 Å². The molecule has 0 bridgehead atoms. The number of amides is 1. The third-order valence-electron chi connectivity index (χ3n) is 3.74. The number of hydrogen-bond donors (Lipinski definition) is 1. The molecule has 2 aromatic carbocycles. The topological polar surface area (TPSA) is 83.6 Å². The smallest absolute Gasteiger partial charge is 0.234 e. The van der Waals surface area contributed by atoms with Crippen LogP contribution in [0.25, 0.3) is 11.4 Å². The van der Waals surface area contributed by atoms with Gasteiger partial charge in [0, 0.05) is 22.8 Å². The molecular weight excluding hydrogens is 382 g/mol. The Morgan fingerprint density at radius 3 is 2.74 bits per heavy atom. The molecule has 8 heteroatoms. The lowest BCUT2D eigenvalue weighted by molar-refractivity contribution is -0.113. The molecule has 0 fully saturated rings. The fourth-order valence-corrected chi connectivity index (χ4v) is 3.42. The van der Waals surface area contributed by atoms with Crippen LogP contribution in [0.2, 0.25) is 5.02 Å². The molecule has 136 valence electrons. The molecule has 0 atom stereocenters. The number of aromatic nitrogens is 3. The maximum atomic E-state index is 12.2. The molecule has 0 spiro atoms. The highest BCUT2D eigenvalue weighted by atomic mass is 35.5. The van der Waals surface area contributed by atoms with Crippen LogP contribution in [0.3, 0.4) is 0 Å². The average molecular weight is 398 g/mol. The molecule has 1 heterocycles. The lowest BCUT2D eigenvalue weighted by Crippen LogP contribution is -2.14. The summed E-state index contributed by atoms with van der Waals surface area (Å²) in [6, 6.07) is 16.2. The van der Waals surface area contributed by atoms with Gasteiger partial charge < -0.3 is 9.88 Å². The standard InChI is InChI=1S/C19H16ClN5OS/c1-2-25-18(14-6-8-15(20)9-7-14)23-24-19(25)27-12-17(26)22-16-5-3-4-13(10-16)11-21/h3-10H,2,12H2,1H3,(H,22,26). The van der Waals surface area contributed by atoms with E-state index in [-0.39, 0.29) is 11.7 Å². The first kappa shape index (κ1) is 19.0. The Morgan fingerprint density at radius 2 is 2.04 bits per heavy atom. The minimum absolute atomic E-state index is 0.172. The second-order valence-corrected chi connectivity index (χ2v) is 6.97. The Hall–Kier alpha value is -2.82. The van der Waals surface area contributed by atoms with Gasteiger partial charge in [0.2, 0.25) is 5.91 Å². The lowest BCUT2D eigenvalue weighted by atomic mass is 10.2. The maximum Gasteiger partial charge on any atom is 0.234 e. The summed E-state index contributed by atoms with van der Waals surface area (Å²) >= 11 is 7.25. The number of anilines is 1. The van der Waals surface area contributed by atoms with E-state index in [4.69, 9.17) is 16.9 Å². The van der Waals surface area contributed by atoms with Gasteiger partial charge in [0.1, 0.15) is 0 Å². The van der Waals surface area contributed by atoms with Crippen LogP contribution in [0, 0.1) is 11.3 Å². The normalized spacial score (nSPS) is 10.4. The van der Waals surface area contributed by atoms with Crippen molar-refractivity contribution < 1.29 is 4.79 Å². The number of nitrogens with zero attached hydrogens (tertiary/aromatic N) is 4. The first-order valence-electron chi connectivity index (χ1n) is 8.22. The van der Waals surface area contributed by atoms with E-state index < -0.39 is 0 Å². The van der Waals surface area contributed by atoms with Crippen LogP contribution in [0.4, 0.5) is 5.69 Å². The highest BCUT2D eigenvalue weighted by Gasteiger charge is 2.14. The monoisotopic (exact) mass is 397 g/mol. The largest absolute Gasteiger partial charge is 0.325 e. The lowest BCUT2D eigenvalue weighted by Gasteiger charge is -2.08. The van der Waals surface area contributed by atoms with Gasteiger partial charge in [-0.25, -0.2) is 0 Å². The number of benzene rings is 2. The fourth-order valence-electron chi connectivity index (χ4n) is 2.49. The number of carbonyl (C=O) groups excluding carboxylic acids is 1. The molecule has 0 aliphatic carbocycles. The first-order valence-corrected chi connectivity index (χ1v) is 9.59. The van der Waals surface area contributed by atoms with Crippen LogP contribution < -0.4 is 5.32 Å². The molecule has 27 heavy (non-hydrogen) atoms. The van der Waals surface area contributed by atoms with Gasteiger partial charge >= 0.3 is 0 Å². The van der Waals surface area contributed by atoms with Gasteiger partial charge in [-0.1, -0.05) is 29.4 Å². The van der Waals surface area contributed by atoms with Crippen LogP contribution in [0.5, 0.6) is 0 Å². The van der Waals surface area contributed by atoms with Crippen molar-refractivity contribution in [3.63, 3.8) is 0 Å². The van der Waals surface area contributed by atoms with E-state index in [0.29, 0.717) is 28.0 Å². The maximum absolute atomic E-state index is 12.2. The van der Waals surface area contributed by atoms with Crippen LogP contribution >= 0.6 is 23.4 Å². The minimum Gasteiger partial charge on any atom is -0.325 e. The first-order chi connectivity index (χ1) is 13.1. The molecule has 3 rings (SSSR count). The molecular formula is C19H16ClN5OS. The fraction of sp³-hybridized carbons (Fsp3) is 0.158. The van der Waals surface area contributed by atoms with Gasteiger partial charge in [-0.15, -0.1) is 10.2 Å². The number of halogens is 1. The van der Waals surface area contributed by atoms with Crippen LogP contribution in [0.15, 0.2) is 53.7 Å². The van der Waals surface area contributed by atoms with Crippen molar-refractivity contribution >= 4 is 35.0 Å². The van der Waals surface area contributed by atoms with Crippen LogP contribution in [0.1, 0.15) is 12.5 Å². The summed E-state index contributed by atoms with van der Waals surface area (Å²) in [4.78, 5) is 12.2. The van der Waals surface area contributed by atoms with Gasteiger partial charge in [-0.05, 0) is 49.4 Å². The summed E-state index contributed by atoms with van der Waals surface area (Å²) in [5, 5.41) is 21.5. The molecule has 0 saturated carbocycles. The summed E-state index contributed by atoms with van der Waals surface area (Å²) in [7, 11) is 0. The molecule has 0 aliphatic heterocycles. The highest BCUT2D eigenvalue weighted by Crippen LogP contribution is 2.25. The van der Waals surface area contributed by atoms with Crippen molar-refractivity contribution in [1.82, 2.24) is 14.8 Å². The molecule has 1 aromatic heterocycles. The summed E-state index contributed by atoms with van der Waals surface area (Å²) < 4.78 is 1.96. The van der Waals surface area contributed by atoms with E-state index in [0.717, 1.165) is 11.4 Å². The predicted octanol–water partition coefficient (Wildman–Crippen LogP) is 4.22. The van der Waals surface area contributed by atoms with Crippen molar-refractivity contribution in [3.05, 3.63) is 59.1 Å². The Labute approximate surface area is 166 Å². The molecule has 0 aliphatic rings. The zero-order valence-corrected chi connectivity index (χ0v) is 16.1. The molecule has 0 unspecified atom stereocenters.